The number of hydrogen-bond acceptors (Lipinski definition) is 4. The zero-order chi connectivity index (χ0) is 14.9. The summed E-state index contributed by atoms with van der Waals surface area (Å²) < 4.78 is 5.31. The van der Waals surface area contributed by atoms with Gasteiger partial charge in [-0.3, -0.25) is 9.78 Å². The molecule has 1 aromatic heterocycles. The number of pyridine rings is 1. The third-order valence-corrected chi connectivity index (χ3v) is 3.33. The summed E-state index contributed by atoms with van der Waals surface area (Å²) in [5.41, 5.74) is 1.19. The Morgan fingerprint density at radius 3 is 3.19 bits per heavy atom. The van der Waals surface area contributed by atoms with E-state index in [1.807, 2.05) is 0 Å². The zero-order valence-corrected chi connectivity index (χ0v) is 12.0. The van der Waals surface area contributed by atoms with E-state index < -0.39 is 0 Å². The highest BCUT2D eigenvalue weighted by atomic mass is 16.5. The van der Waals surface area contributed by atoms with Gasteiger partial charge in [-0.2, -0.15) is 0 Å². The summed E-state index contributed by atoms with van der Waals surface area (Å²) in [6, 6.07) is 1.71. The van der Waals surface area contributed by atoms with Crippen LogP contribution < -0.4 is 5.32 Å². The molecule has 0 bridgehead atoms. The highest BCUT2D eigenvalue weighted by Crippen LogP contribution is 2.15. The van der Waals surface area contributed by atoms with Gasteiger partial charge >= 0.3 is 0 Å². The lowest BCUT2D eigenvalue weighted by atomic mass is 10.1. The highest BCUT2D eigenvalue weighted by Gasteiger charge is 2.15. The van der Waals surface area contributed by atoms with Crippen LogP contribution in [0.2, 0.25) is 0 Å². The van der Waals surface area contributed by atoms with Gasteiger partial charge < -0.3 is 15.2 Å². The lowest BCUT2D eigenvalue weighted by molar-refractivity contribution is 0.0950. The van der Waals surface area contributed by atoms with Crippen LogP contribution in [0.25, 0.3) is 0 Å². The second kappa shape index (κ2) is 8.40. The monoisotopic (exact) mass is 288 g/mol. The van der Waals surface area contributed by atoms with E-state index >= 15 is 0 Å². The first-order valence-corrected chi connectivity index (χ1v) is 7.20. The molecule has 0 saturated carbocycles. The van der Waals surface area contributed by atoms with E-state index in [1.165, 1.54) is 6.20 Å². The molecule has 0 radical (unpaired) electrons. The maximum absolute atomic E-state index is 12.0. The molecule has 1 unspecified atom stereocenters. The maximum Gasteiger partial charge on any atom is 0.252 e. The van der Waals surface area contributed by atoms with Crippen LogP contribution in [0.15, 0.2) is 18.5 Å². The van der Waals surface area contributed by atoms with E-state index in [-0.39, 0.29) is 12.5 Å². The van der Waals surface area contributed by atoms with E-state index in [4.69, 9.17) is 9.84 Å². The number of rotatable bonds is 5. The molecule has 1 aliphatic rings. The summed E-state index contributed by atoms with van der Waals surface area (Å²) in [7, 11) is 0. The molecule has 2 rings (SSSR count). The van der Waals surface area contributed by atoms with Crippen LogP contribution in [-0.2, 0) is 4.74 Å². The van der Waals surface area contributed by atoms with E-state index in [0.29, 0.717) is 30.0 Å². The minimum absolute atomic E-state index is 0.0332. The van der Waals surface area contributed by atoms with E-state index in [9.17, 15) is 4.79 Å². The number of aromatic nitrogens is 1. The zero-order valence-electron chi connectivity index (χ0n) is 12.0. The minimum atomic E-state index is -0.132. The van der Waals surface area contributed by atoms with Crippen molar-refractivity contribution < 1.29 is 14.6 Å². The molecule has 1 aromatic rings. The van der Waals surface area contributed by atoms with Gasteiger partial charge in [0.05, 0.1) is 12.2 Å². The van der Waals surface area contributed by atoms with Crippen molar-refractivity contribution >= 4 is 5.91 Å². The van der Waals surface area contributed by atoms with Crippen molar-refractivity contribution in [2.75, 3.05) is 26.4 Å². The van der Waals surface area contributed by atoms with Crippen molar-refractivity contribution in [1.82, 2.24) is 10.3 Å². The molecule has 112 valence electrons. The topological polar surface area (TPSA) is 71.5 Å². The lowest BCUT2D eigenvalue weighted by Crippen LogP contribution is -2.26. The summed E-state index contributed by atoms with van der Waals surface area (Å²) in [6.45, 7) is 2.31. The predicted molar refractivity (Wildman–Crippen MR) is 78.7 cm³/mol. The third kappa shape index (κ3) is 5.18. The van der Waals surface area contributed by atoms with Gasteiger partial charge in [0, 0.05) is 44.1 Å². The number of nitrogens with zero attached hydrogens (tertiary/aromatic N) is 1. The average molecular weight is 288 g/mol. The number of nitrogens with one attached hydrogen (secondary N) is 1. The van der Waals surface area contributed by atoms with Crippen molar-refractivity contribution in [2.24, 2.45) is 5.92 Å². The van der Waals surface area contributed by atoms with Crippen molar-refractivity contribution in [3.05, 3.63) is 29.6 Å². The van der Waals surface area contributed by atoms with Crippen LogP contribution >= 0.6 is 0 Å². The van der Waals surface area contributed by atoms with Gasteiger partial charge in [-0.25, -0.2) is 0 Å². The van der Waals surface area contributed by atoms with Crippen molar-refractivity contribution in [3.8, 4) is 11.8 Å². The van der Waals surface area contributed by atoms with Crippen LogP contribution in [0.4, 0.5) is 0 Å². The Labute approximate surface area is 124 Å². The molecule has 0 aliphatic carbocycles. The Morgan fingerprint density at radius 1 is 1.52 bits per heavy atom. The lowest BCUT2D eigenvalue weighted by Gasteiger charge is -2.08. The summed E-state index contributed by atoms with van der Waals surface area (Å²) in [4.78, 5) is 16.1. The Hall–Kier alpha value is -1.90. The van der Waals surface area contributed by atoms with Crippen LogP contribution in [0.3, 0.4) is 0 Å². The standard InChI is InChI=1S/C16H20N2O3/c19-7-2-1-3-14-9-15(11-17-10-14)16(20)18-6-4-13-5-8-21-12-13/h9-11,13,19H,2,4-8,12H2,(H,18,20). The van der Waals surface area contributed by atoms with Crippen LogP contribution in [0.5, 0.6) is 0 Å². The summed E-state index contributed by atoms with van der Waals surface area (Å²) in [5, 5.41) is 11.6. The van der Waals surface area contributed by atoms with E-state index in [2.05, 4.69) is 22.1 Å². The van der Waals surface area contributed by atoms with Gasteiger partial charge in [0.15, 0.2) is 0 Å². The van der Waals surface area contributed by atoms with E-state index in [1.54, 1.807) is 12.3 Å². The van der Waals surface area contributed by atoms with Gasteiger partial charge in [-0.15, -0.1) is 0 Å². The summed E-state index contributed by atoms with van der Waals surface area (Å²) in [5.74, 6) is 6.11. The number of hydrogen-bond donors (Lipinski definition) is 2. The Bertz CT molecular complexity index is 528. The van der Waals surface area contributed by atoms with Gasteiger partial charge in [-0.1, -0.05) is 11.8 Å². The fourth-order valence-electron chi connectivity index (χ4n) is 2.16. The summed E-state index contributed by atoms with van der Waals surface area (Å²) in [6.07, 6.45) is 5.57. The second-order valence-electron chi connectivity index (χ2n) is 5.01. The predicted octanol–water partition coefficient (Wildman–Crippen LogP) is 0.972. The molecular formula is C16H20N2O3. The molecule has 1 amide bonds. The molecular weight excluding hydrogens is 268 g/mol. The average Bonchev–Trinajstić information content (AvgIpc) is 3.01. The first-order chi connectivity index (χ1) is 10.3. The summed E-state index contributed by atoms with van der Waals surface area (Å²) >= 11 is 0. The van der Waals surface area contributed by atoms with Gasteiger partial charge in [0.2, 0.25) is 0 Å². The van der Waals surface area contributed by atoms with Crippen LogP contribution in [-0.4, -0.2) is 42.4 Å². The van der Waals surface area contributed by atoms with Gasteiger partial charge in [0.1, 0.15) is 0 Å². The Morgan fingerprint density at radius 2 is 2.43 bits per heavy atom. The number of aliphatic hydroxyl groups excluding tert-OH is 1. The molecule has 0 spiro atoms. The molecule has 2 N–H and O–H groups in total. The normalized spacial score (nSPS) is 17.1. The molecule has 1 fully saturated rings. The smallest absolute Gasteiger partial charge is 0.252 e. The van der Waals surface area contributed by atoms with Crippen molar-refractivity contribution in [3.63, 3.8) is 0 Å². The molecule has 1 atom stereocenters. The second-order valence-corrected chi connectivity index (χ2v) is 5.01. The first kappa shape index (κ1) is 15.5. The number of aliphatic hydroxyl groups is 1. The third-order valence-electron chi connectivity index (χ3n) is 3.33. The molecule has 5 heteroatoms. The number of ether oxygens (including phenoxy) is 1. The SMILES string of the molecule is O=C(NCCC1CCOC1)c1cncc(C#CCCO)c1. The molecule has 1 saturated heterocycles. The molecule has 21 heavy (non-hydrogen) atoms. The highest BCUT2D eigenvalue weighted by molar-refractivity contribution is 5.94. The number of carbonyl (C=O) groups excluding carboxylic acids is 1. The maximum atomic E-state index is 12.0. The number of amides is 1. The Kier molecular flexibility index (Phi) is 6.20. The molecule has 0 aromatic carbocycles. The van der Waals surface area contributed by atoms with E-state index in [0.717, 1.165) is 26.1 Å². The molecule has 5 nitrogen and oxygen atoms in total. The number of carbonyl (C=O) groups is 1. The Balaban J connectivity index is 1.84. The largest absolute Gasteiger partial charge is 0.395 e. The van der Waals surface area contributed by atoms with Gasteiger partial charge in [0.25, 0.3) is 5.91 Å². The minimum Gasteiger partial charge on any atom is -0.395 e. The van der Waals surface area contributed by atoms with Gasteiger partial charge in [-0.05, 0) is 24.8 Å². The fraction of sp³-hybridized carbons (Fsp3) is 0.500. The first-order valence-electron chi connectivity index (χ1n) is 7.20. The molecule has 1 aliphatic heterocycles. The fourth-order valence-corrected chi connectivity index (χ4v) is 2.16. The van der Waals surface area contributed by atoms with Crippen molar-refractivity contribution in [1.29, 1.82) is 0 Å². The quantitative estimate of drug-likeness (QED) is 0.792. The molecule has 2 heterocycles. The van der Waals surface area contributed by atoms with Crippen LogP contribution in [0, 0.1) is 17.8 Å². The van der Waals surface area contributed by atoms with Crippen LogP contribution in [0.1, 0.15) is 35.2 Å². The van der Waals surface area contributed by atoms with Crippen molar-refractivity contribution in [2.45, 2.75) is 19.3 Å².